The van der Waals surface area contributed by atoms with Crippen molar-refractivity contribution in [3.8, 4) is 0 Å². The number of hydrogen-bond donors (Lipinski definition) is 1. The Morgan fingerprint density at radius 2 is 1.94 bits per heavy atom. The molecule has 1 fully saturated rings. The second-order valence-electron chi connectivity index (χ2n) is 4.45. The lowest BCUT2D eigenvalue weighted by molar-refractivity contribution is 0.431. The van der Waals surface area contributed by atoms with E-state index in [1.807, 2.05) is 30.0 Å². The zero-order valence-corrected chi connectivity index (χ0v) is 12.2. The van der Waals surface area contributed by atoms with Crippen molar-refractivity contribution in [1.82, 2.24) is 5.32 Å². The van der Waals surface area contributed by atoms with E-state index in [0.717, 1.165) is 0 Å². The van der Waals surface area contributed by atoms with Crippen LogP contribution in [0.5, 0.6) is 0 Å². The van der Waals surface area contributed by atoms with E-state index in [2.05, 4.69) is 12.2 Å². The van der Waals surface area contributed by atoms with Crippen LogP contribution in [0.15, 0.2) is 18.2 Å². The van der Waals surface area contributed by atoms with Gasteiger partial charge in [0.2, 0.25) is 0 Å². The first kappa shape index (κ1) is 13.5. The molecule has 1 atom stereocenters. The first-order chi connectivity index (χ1) is 8.16. The fourth-order valence-electron chi connectivity index (χ4n) is 2.10. The Labute approximate surface area is 117 Å². The third-order valence-electron chi connectivity index (χ3n) is 3.15. The number of benzene rings is 1. The number of nitrogens with one attached hydrogen (secondary N) is 1. The van der Waals surface area contributed by atoms with Gasteiger partial charge in [-0.1, -0.05) is 29.3 Å². The Hall–Kier alpha value is 0.110. The zero-order chi connectivity index (χ0) is 12.3. The second kappa shape index (κ2) is 6.33. The monoisotopic (exact) mass is 289 g/mol. The lowest BCUT2D eigenvalue weighted by Crippen LogP contribution is -2.34. The molecular weight excluding hydrogens is 273 g/mol. The highest BCUT2D eigenvalue weighted by atomic mass is 35.5. The van der Waals surface area contributed by atoms with E-state index in [0.29, 0.717) is 22.1 Å². The fourth-order valence-corrected chi connectivity index (χ4v) is 3.51. The zero-order valence-electron chi connectivity index (χ0n) is 9.88. The Morgan fingerprint density at radius 1 is 1.24 bits per heavy atom. The third kappa shape index (κ3) is 3.78. The van der Waals surface area contributed by atoms with Crippen LogP contribution >= 0.6 is 35.0 Å². The molecule has 1 aliphatic rings. The highest BCUT2D eigenvalue weighted by Crippen LogP contribution is 2.26. The van der Waals surface area contributed by atoms with Crippen LogP contribution in [-0.2, 0) is 0 Å². The molecule has 1 aliphatic heterocycles. The molecule has 0 bridgehead atoms. The van der Waals surface area contributed by atoms with Crippen LogP contribution in [0.1, 0.15) is 31.4 Å². The summed E-state index contributed by atoms with van der Waals surface area (Å²) in [5, 5.41) is 4.92. The van der Waals surface area contributed by atoms with Gasteiger partial charge in [0.25, 0.3) is 0 Å². The van der Waals surface area contributed by atoms with Crippen LogP contribution in [-0.4, -0.2) is 17.5 Å². The van der Waals surface area contributed by atoms with Crippen LogP contribution < -0.4 is 5.32 Å². The van der Waals surface area contributed by atoms with Crippen LogP contribution in [0.2, 0.25) is 10.0 Å². The molecule has 1 nitrogen and oxygen atoms in total. The normalized spacial score (nSPS) is 19.2. The average Bonchev–Trinajstić information content (AvgIpc) is 2.34. The Balaban J connectivity index is 1.98. The topological polar surface area (TPSA) is 12.0 Å². The molecule has 94 valence electrons. The minimum absolute atomic E-state index is 0.331. The SMILES string of the molecule is CC(NC1CCSCC1)c1ccc(Cl)c(Cl)c1. The summed E-state index contributed by atoms with van der Waals surface area (Å²) in [4.78, 5) is 0. The van der Waals surface area contributed by atoms with Crippen LogP contribution in [0, 0.1) is 0 Å². The van der Waals surface area contributed by atoms with E-state index in [1.54, 1.807) is 0 Å². The summed E-state index contributed by atoms with van der Waals surface area (Å²) >= 11 is 14.0. The van der Waals surface area contributed by atoms with Crippen molar-refractivity contribution < 1.29 is 0 Å². The van der Waals surface area contributed by atoms with Gasteiger partial charge < -0.3 is 5.32 Å². The van der Waals surface area contributed by atoms with Gasteiger partial charge in [0.1, 0.15) is 0 Å². The van der Waals surface area contributed by atoms with Gasteiger partial charge in [-0.15, -0.1) is 0 Å². The van der Waals surface area contributed by atoms with Crippen LogP contribution in [0.4, 0.5) is 0 Å². The predicted octanol–water partition coefficient (Wildman–Crippen LogP) is 4.54. The summed E-state index contributed by atoms with van der Waals surface area (Å²) in [6, 6.07) is 6.84. The average molecular weight is 290 g/mol. The standard InChI is InChI=1S/C13H17Cl2NS/c1-9(16-11-4-6-17-7-5-11)10-2-3-12(14)13(15)8-10/h2-3,8-9,11,16H,4-7H2,1H3. The molecule has 4 heteroatoms. The fraction of sp³-hybridized carbons (Fsp3) is 0.538. The largest absolute Gasteiger partial charge is 0.307 e. The molecule has 0 saturated carbocycles. The summed E-state index contributed by atoms with van der Waals surface area (Å²) < 4.78 is 0. The summed E-state index contributed by atoms with van der Waals surface area (Å²) in [6.07, 6.45) is 2.52. The van der Waals surface area contributed by atoms with Crippen molar-refractivity contribution in [3.63, 3.8) is 0 Å². The molecule has 1 aromatic carbocycles. The van der Waals surface area contributed by atoms with Gasteiger partial charge in [-0.25, -0.2) is 0 Å². The molecule has 1 saturated heterocycles. The summed E-state index contributed by atoms with van der Waals surface area (Å²) in [6.45, 7) is 2.18. The lowest BCUT2D eigenvalue weighted by Gasteiger charge is -2.26. The van der Waals surface area contributed by atoms with E-state index in [1.165, 1.54) is 29.9 Å². The van der Waals surface area contributed by atoms with Crippen molar-refractivity contribution in [2.24, 2.45) is 0 Å². The molecule has 0 radical (unpaired) electrons. The molecule has 0 aromatic heterocycles. The van der Waals surface area contributed by atoms with Gasteiger partial charge in [-0.3, -0.25) is 0 Å². The summed E-state index contributed by atoms with van der Waals surface area (Å²) in [5.74, 6) is 2.54. The Morgan fingerprint density at radius 3 is 2.59 bits per heavy atom. The first-order valence-electron chi connectivity index (χ1n) is 5.95. The first-order valence-corrected chi connectivity index (χ1v) is 7.86. The molecule has 1 N–H and O–H groups in total. The Bertz CT molecular complexity index is 378. The molecule has 1 unspecified atom stereocenters. The van der Waals surface area contributed by atoms with Crippen molar-refractivity contribution in [2.75, 3.05) is 11.5 Å². The van der Waals surface area contributed by atoms with Gasteiger partial charge in [0.15, 0.2) is 0 Å². The predicted molar refractivity (Wildman–Crippen MR) is 78.4 cm³/mol. The number of rotatable bonds is 3. The lowest BCUT2D eigenvalue weighted by atomic mass is 10.1. The quantitative estimate of drug-likeness (QED) is 0.877. The van der Waals surface area contributed by atoms with E-state index in [-0.39, 0.29) is 0 Å². The highest BCUT2D eigenvalue weighted by molar-refractivity contribution is 7.99. The van der Waals surface area contributed by atoms with Gasteiger partial charge in [0.05, 0.1) is 10.0 Å². The van der Waals surface area contributed by atoms with Gasteiger partial charge >= 0.3 is 0 Å². The Kier molecular flexibility index (Phi) is 5.04. The van der Waals surface area contributed by atoms with Gasteiger partial charge in [0, 0.05) is 12.1 Å². The maximum Gasteiger partial charge on any atom is 0.0595 e. The van der Waals surface area contributed by atoms with Crippen molar-refractivity contribution >= 4 is 35.0 Å². The number of thioether (sulfide) groups is 1. The number of hydrogen-bond acceptors (Lipinski definition) is 2. The van der Waals surface area contributed by atoms with Crippen molar-refractivity contribution in [1.29, 1.82) is 0 Å². The third-order valence-corrected chi connectivity index (χ3v) is 4.94. The van der Waals surface area contributed by atoms with Crippen molar-refractivity contribution in [2.45, 2.75) is 31.8 Å². The van der Waals surface area contributed by atoms with Crippen LogP contribution in [0.25, 0.3) is 0 Å². The molecular formula is C13H17Cl2NS. The van der Waals surface area contributed by atoms with E-state index >= 15 is 0 Å². The molecule has 1 aromatic rings. The maximum absolute atomic E-state index is 6.04. The molecule has 0 amide bonds. The van der Waals surface area contributed by atoms with E-state index < -0.39 is 0 Å². The molecule has 0 spiro atoms. The summed E-state index contributed by atoms with van der Waals surface area (Å²) in [5.41, 5.74) is 1.21. The van der Waals surface area contributed by atoms with E-state index in [9.17, 15) is 0 Å². The highest BCUT2D eigenvalue weighted by Gasteiger charge is 2.16. The smallest absolute Gasteiger partial charge is 0.0595 e. The van der Waals surface area contributed by atoms with Gasteiger partial charge in [-0.05, 0) is 49.0 Å². The second-order valence-corrected chi connectivity index (χ2v) is 6.49. The van der Waals surface area contributed by atoms with Crippen molar-refractivity contribution in [3.05, 3.63) is 33.8 Å². The molecule has 1 heterocycles. The molecule has 17 heavy (non-hydrogen) atoms. The maximum atomic E-state index is 6.04. The number of halogens is 2. The van der Waals surface area contributed by atoms with Gasteiger partial charge in [-0.2, -0.15) is 11.8 Å². The summed E-state index contributed by atoms with van der Waals surface area (Å²) in [7, 11) is 0. The molecule has 0 aliphatic carbocycles. The van der Waals surface area contributed by atoms with Crippen LogP contribution in [0.3, 0.4) is 0 Å². The minimum Gasteiger partial charge on any atom is -0.307 e. The van der Waals surface area contributed by atoms with E-state index in [4.69, 9.17) is 23.2 Å². The molecule has 2 rings (SSSR count). The minimum atomic E-state index is 0.331.